The zero-order valence-electron chi connectivity index (χ0n) is 19.9. The maximum Gasteiger partial charge on any atom is 0.494 e. The van der Waals surface area contributed by atoms with E-state index in [4.69, 9.17) is 14.4 Å². The fourth-order valence-electron chi connectivity index (χ4n) is 4.71. The second-order valence-corrected chi connectivity index (χ2v) is 10.2. The third-order valence-corrected chi connectivity index (χ3v) is 7.52. The molecule has 5 rings (SSSR count). The Morgan fingerprint density at radius 3 is 2.29 bits per heavy atom. The van der Waals surface area contributed by atoms with Crippen LogP contribution in [0.2, 0.25) is 0 Å². The molecule has 1 aliphatic heterocycles. The van der Waals surface area contributed by atoms with Crippen molar-refractivity contribution in [2.75, 3.05) is 5.32 Å². The van der Waals surface area contributed by atoms with E-state index in [2.05, 4.69) is 22.0 Å². The average molecular weight is 457 g/mol. The molecule has 2 aromatic carbocycles. The number of nitrogens with one attached hydrogen (secondary N) is 1. The van der Waals surface area contributed by atoms with Crippen LogP contribution in [0.4, 0.5) is 10.5 Å². The van der Waals surface area contributed by atoms with Crippen molar-refractivity contribution in [3.63, 3.8) is 0 Å². The zero-order valence-corrected chi connectivity index (χ0v) is 19.9. The van der Waals surface area contributed by atoms with Crippen LogP contribution in [0.25, 0.3) is 22.2 Å². The first kappa shape index (κ1) is 22.5. The second-order valence-electron chi connectivity index (χ2n) is 10.2. The molecule has 0 spiro atoms. The fourth-order valence-corrected chi connectivity index (χ4v) is 4.71. The van der Waals surface area contributed by atoms with Gasteiger partial charge in [-0.25, -0.2) is 4.79 Å². The first-order chi connectivity index (χ1) is 16.1. The average Bonchev–Trinajstić information content (AvgIpc) is 3.16. The monoisotopic (exact) mass is 457 g/mol. The van der Waals surface area contributed by atoms with Crippen molar-refractivity contribution >= 4 is 35.3 Å². The molecule has 3 aromatic rings. The first-order valence-electron chi connectivity index (χ1n) is 11.7. The molecule has 0 radical (unpaired) electrons. The van der Waals surface area contributed by atoms with Gasteiger partial charge in [0, 0.05) is 22.6 Å². The van der Waals surface area contributed by atoms with Gasteiger partial charge in [-0.05, 0) is 76.2 Å². The second kappa shape index (κ2) is 7.90. The molecule has 0 unspecified atom stereocenters. The highest BCUT2D eigenvalue weighted by molar-refractivity contribution is 6.62. The Kier molecular flexibility index (Phi) is 5.23. The Bertz CT molecular complexity index is 1300. The standard InChI is InChI=1S/C26H28BN3O4/c1-25(2)26(3,4)34-27(33-25)17-10-13-20-21(15-28)23(30(22(20)14-17)19-6-5-7-19)16-8-11-18(12-9-16)29-24(31)32/h8-14,19,29H,5-7H2,1-4H3,(H,31,32). The molecule has 7 nitrogen and oxygen atoms in total. The number of amides is 1. The number of nitriles is 1. The van der Waals surface area contributed by atoms with E-state index >= 15 is 0 Å². The summed E-state index contributed by atoms with van der Waals surface area (Å²) in [5.74, 6) is 0. The van der Waals surface area contributed by atoms with Crippen molar-refractivity contribution in [2.45, 2.75) is 64.2 Å². The third-order valence-electron chi connectivity index (χ3n) is 7.52. The molecule has 2 fully saturated rings. The van der Waals surface area contributed by atoms with Crippen LogP contribution in [0.5, 0.6) is 0 Å². The van der Waals surface area contributed by atoms with Gasteiger partial charge in [0.05, 0.1) is 22.5 Å². The van der Waals surface area contributed by atoms with Crippen molar-refractivity contribution in [3.8, 4) is 17.3 Å². The third kappa shape index (κ3) is 3.56. The number of aromatic nitrogens is 1. The van der Waals surface area contributed by atoms with E-state index in [0.29, 0.717) is 17.3 Å². The van der Waals surface area contributed by atoms with Crippen molar-refractivity contribution < 1.29 is 19.2 Å². The number of nitrogens with zero attached hydrogens (tertiary/aromatic N) is 2. The zero-order chi connectivity index (χ0) is 24.3. The Morgan fingerprint density at radius 2 is 1.76 bits per heavy atom. The topological polar surface area (TPSA) is 96.5 Å². The molecule has 1 aliphatic carbocycles. The molecule has 34 heavy (non-hydrogen) atoms. The molecule has 8 heteroatoms. The highest BCUT2D eigenvalue weighted by Gasteiger charge is 2.51. The quantitative estimate of drug-likeness (QED) is 0.519. The maximum absolute atomic E-state index is 11.0. The summed E-state index contributed by atoms with van der Waals surface area (Å²) in [6.07, 6.45) is 2.16. The van der Waals surface area contributed by atoms with Crippen LogP contribution in [0.15, 0.2) is 42.5 Å². The van der Waals surface area contributed by atoms with Crippen LogP contribution in [-0.4, -0.2) is 34.1 Å². The van der Waals surface area contributed by atoms with Crippen molar-refractivity contribution in [1.29, 1.82) is 5.26 Å². The van der Waals surface area contributed by atoms with Crippen molar-refractivity contribution in [1.82, 2.24) is 4.57 Å². The van der Waals surface area contributed by atoms with Crippen LogP contribution >= 0.6 is 0 Å². The van der Waals surface area contributed by atoms with Gasteiger partial charge in [0.15, 0.2) is 0 Å². The van der Waals surface area contributed by atoms with Gasteiger partial charge in [-0.1, -0.05) is 24.3 Å². The molecule has 1 aromatic heterocycles. The molecule has 2 N–H and O–H groups in total. The number of fused-ring (bicyclic) bond motifs is 1. The number of carboxylic acid groups (broad SMARTS) is 1. The molecule has 1 amide bonds. The van der Waals surface area contributed by atoms with Crippen molar-refractivity contribution in [2.24, 2.45) is 0 Å². The first-order valence-corrected chi connectivity index (χ1v) is 11.7. The van der Waals surface area contributed by atoms with Gasteiger partial charge >= 0.3 is 13.2 Å². The summed E-state index contributed by atoms with van der Waals surface area (Å²) in [5.41, 5.74) is 3.93. The summed E-state index contributed by atoms with van der Waals surface area (Å²) in [4.78, 5) is 11.0. The van der Waals surface area contributed by atoms with E-state index in [0.717, 1.165) is 46.9 Å². The predicted octanol–water partition coefficient (Wildman–Crippen LogP) is 5.29. The lowest BCUT2D eigenvalue weighted by Gasteiger charge is -2.32. The van der Waals surface area contributed by atoms with E-state index < -0.39 is 24.4 Å². The van der Waals surface area contributed by atoms with E-state index in [9.17, 15) is 10.1 Å². The van der Waals surface area contributed by atoms with Crippen LogP contribution in [0.1, 0.15) is 58.6 Å². The van der Waals surface area contributed by atoms with Gasteiger partial charge in [-0.3, -0.25) is 5.32 Å². The summed E-state index contributed by atoms with van der Waals surface area (Å²) in [5, 5.41) is 22.4. The summed E-state index contributed by atoms with van der Waals surface area (Å²) in [7, 11) is -0.477. The van der Waals surface area contributed by atoms with Gasteiger partial charge in [0.25, 0.3) is 0 Å². The predicted molar refractivity (Wildman–Crippen MR) is 132 cm³/mol. The summed E-state index contributed by atoms with van der Waals surface area (Å²) >= 11 is 0. The minimum Gasteiger partial charge on any atom is -0.465 e. The SMILES string of the molecule is CC1(C)OB(c2ccc3c(C#N)c(-c4ccc(NC(=O)O)cc4)n(C4CCC4)c3c2)OC1(C)C. The highest BCUT2D eigenvalue weighted by atomic mass is 16.7. The molecule has 0 bridgehead atoms. The van der Waals surface area contributed by atoms with Gasteiger partial charge in [-0.15, -0.1) is 0 Å². The Morgan fingerprint density at radius 1 is 1.12 bits per heavy atom. The smallest absolute Gasteiger partial charge is 0.465 e. The van der Waals surface area contributed by atoms with Gasteiger partial charge in [0.1, 0.15) is 6.07 Å². The molecule has 174 valence electrons. The minimum atomic E-state index is -1.11. The largest absolute Gasteiger partial charge is 0.494 e. The van der Waals surface area contributed by atoms with Crippen LogP contribution in [0, 0.1) is 11.3 Å². The Labute approximate surface area is 199 Å². The van der Waals surface area contributed by atoms with E-state index in [1.807, 2.05) is 52.0 Å². The lowest BCUT2D eigenvalue weighted by Crippen LogP contribution is -2.41. The van der Waals surface area contributed by atoms with Crippen LogP contribution in [-0.2, 0) is 9.31 Å². The normalized spacial score (nSPS) is 19.1. The summed E-state index contributed by atoms with van der Waals surface area (Å²) in [6, 6.07) is 16.0. The van der Waals surface area contributed by atoms with Crippen molar-refractivity contribution in [3.05, 3.63) is 48.0 Å². The van der Waals surface area contributed by atoms with E-state index in [-0.39, 0.29) is 0 Å². The molecular weight excluding hydrogens is 429 g/mol. The lowest BCUT2D eigenvalue weighted by molar-refractivity contribution is 0.00578. The van der Waals surface area contributed by atoms with Crippen LogP contribution in [0.3, 0.4) is 0 Å². The van der Waals surface area contributed by atoms with Gasteiger partial charge < -0.3 is 19.0 Å². The number of hydrogen-bond acceptors (Lipinski definition) is 4. The molecule has 1 saturated heterocycles. The Hall–Kier alpha value is -3.28. The summed E-state index contributed by atoms with van der Waals surface area (Å²) < 4.78 is 14.8. The molecule has 2 heterocycles. The van der Waals surface area contributed by atoms with Crippen LogP contribution < -0.4 is 10.8 Å². The molecule has 0 atom stereocenters. The molecule has 1 saturated carbocycles. The minimum absolute atomic E-state index is 0.310. The number of anilines is 1. The van der Waals surface area contributed by atoms with Gasteiger partial charge in [-0.2, -0.15) is 5.26 Å². The lowest BCUT2D eigenvalue weighted by atomic mass is 9.78. The number of benzene rings is 2. The molecular formula is C26H28BN3O4. The van der Waals surface area contributed by atoms with Gasteiger partial charge in [0.2, 0.25) is 0 Å². The van der Waals surface area contributed by atoms with E-state index in [1.165, 1.54) is 0 Å². The Balaban J connectivity index is 1.65. The molecule has 2 aliphatic rings. The number of carbonyl (C=O) groups is 1. The highest BCUT2D eigenvalue weighted by Crippen LogP contribution is 2.43. The maximum atomic E-state index is 11.0. The van der Waals surface area contributed by atoms with E-state index in [1.54, 1.807) is 12.1 Å². The summed E-state index contributed by atoms with van der Waals surface area (Å²) in [6.45, 7) is 8.16. The number of rotatable bonds is 4. The number of hydrogen-bond donors (Lipinski definition) is 2. The fraction of sp³-hybridized carbons (Fsp3) is 0.385.